The molecule has 1 aliphatic rings. The van der Waals surface area contributed by atoms with E-state index < -0.39 is 6.10 Å². The molecule has 1 aromatic heterocycles. The molecule has 5 heteroatoms. The van der Waals surface area contributed by atoms with Crippen LogP contribution in [0.2, 0.25) is 0 Å². The number of aliphatic hydroxyl groups excluding tert-OH is 1. The predicted octanol–water partition coefficient (Wildman–Crippen LogP) is 3.18. The Hall–Kier alpha value is -1.85. The van der Waals surface area contributed by atoms with Gasteiger partial charge in [0.1, 0.15) is 11.4 Å². The number of aliphatic hydroxyl groups is 1. The molecule has 0 amide bonds. The number of aromatic nitrogens is 1. The summed E-state index contributed by atoms with van der Waals surface area (Å²) in [6.45, 7) is 4.60. The van der Waals surface area contributed by atoms with Crippen molar-refractivity contribution in [3.63, 3.8) is 0 Å². The van der Waals surface area contributed by atoms with Crippen molar-refractivity contribution in [2.24, 2.45) is 0 Å². The van der Waals surface area contributed by atoms with E-state index in [4.69, 9.17) is 9.26 Å². The van der Waals surface area contributed by atoms with Gasteiger partial charge in [-0.2, -0.15) is 0 Å². The molecule has 0 radical (unpaired) electrons. The summed E-state index contributed by atoms with van der Waals surface area (Å²) in [5.74, 6) is 0.768. The van der Waals surface area contributed by atoms with Crippen LogP contribution in [0.5, 0.6) is 0 Å². The van der Waals surface area contributed by atoms with Gasteiger partial charge in [0, 0.05) is 13.6 Å². The van der Waals surface area contributed by atoms with Crippen molar-refractivity contribution < 1.29 is 14.4 Å². The van der Waals surface area contributed by atoms with Crippen molar-refractivity contribution in [2.75, 3.05) is 25.1 Å². The lowest BCUT2D eigenvalue weighted by Crippen LogP contribution is -2.33. The summed E-state index contributed by atoms with van der Waals surface area (Å²) in [5, 5.41) is 14.3. The molecule has 0 saturated heterocycles. The molecular weight excluding hydrogens is 304 g/mol. The maximum Gasteiger partial charge on any atom is 0.157 e. The smallest absolute Gasteiger partial charge is 0.157 e. The second-order valence-corrected chi connectivity index (χ2v) is 6.62. The number of likely N-dealkylation sites (N-methyl/N-ethyl adjacent to an activating group) is 1. The Morgan fingerprint density at radius 3 is 2.92 bits per heavy atom. The molecule has 1 aromatic carbocycles. The molecule has 3 rings (SSSR count). The first kappa shape index (κ1) is 17.0. The van der Waals surface area contributed by atoms with E-state index in [9.17, 15) is 5.11 Å². The number of nitrogens with zero attached hydrogens (tertiary/aromatic N) is 2. The van der Waals surface area contributed by atoms with Crippen molar-refractivity contribution in [3.05, 3.63) is 46.8 Å². The molecule has 1 N–H and O–H groups in total. The zero-order chi connectivity index (χ0) is 17.1. The van der Waals surface area contributed by atoms with E-state index in [0.29, 0.717) is 13.2 Å². The average Bonchev–Trinajstić information content (AvgIpc) is 2.91. The van der Waals surface area contributed by atoms with Crippen molar-refractivity contribution in [1.82, 2.24) is 5.16 Å². The highest BCUT2D eigenvalue weighted by Gasteiger charge is 2.22. The fraction of sp³-hybridized carbons (Fsp3) is 0.526. The molecule has 5 nitrogen and oxygen atoms in total. The lowest BCUT2D eigenvalue weighted by molar-refractivity contribution is -0.0144. The third-order valence-electron chi connectivity index (χ3n) is 4.67. The minimum atomic E-state index is -0.558. The van der Waals surface area contributed by atoms with Gasteiger partial charge in [-0.3, -0.25) is 0 Å². The topological polar surface area (TPSA) is 58.7 Å². The van der Waals surface area contributed by atoms with E-state index >= 15 is 0 Å². The lowest BCUT2D eigenvalue weighted by Gasteiger charge is -2.28. The minimum Gasteiger partial charge on any atom is -0.389 e. The van der Waals surface area contributed by atoms with Gasteiger partial charge in [-0.1, -0.05) is 29.4 Å². The van der Waals surface area contributed by atoms with Crippen LogP contribution in [0, 0.1) is 13.8 Å². The van der Waals surface area contributed by atoms with Crippen LogP contribution in [0.25, 0.3) is 0 Å². The van der Waals surface area contributed by atoms with E-state index in [2.05, 4.69) is 29.4 Å². The summed E-state index contributed by atoms with van der Waals surface area (Å²) in [6, 6.07) is 8.45. The van der Waals surface area contributed by atoms with Gasteiger partial charge in [-0.25, -0.2) is 0 Å². The molecule has 2 aromatic rings. The van der Waals surface area contributed by atoms with Gasteiger partial charge in [0.15, 0.2) is 5.76 Å². The average molecular weight is 330 g/mol. The molecule has 130 valence electrons. The van der Waals surface area contributed by atoms with E-state index in [0.717, 1.165) is 36.4 Å². The first-order valence-electron chi connectivity index (χ1n) is 8.57. The summed E-state index contributed by atoms with van der Waals surface area (Å²) >= 11 is 0. The Labute approximate surface area is 143 Å². The SMILES string of the molecule is Cc1noc(C)c1N(C)CC(O)COC1CCCc2ccccc21. The number of fused-ring (bicyclic) bond motifs is 1. The Morgan fingerprint density at radius 2 is 2.17 bits per heavy atom. The molecule has 0 spiro atoms. The zero-order valence-electron chi connectivity index (χ0n) is 14.7. The summed E-state index contributed by atoms with van der Waals surface area (Å²) < 4.78 is 11.2. The maximum atomic E-state index is 10.4. The van der Waals surface area contributed by atoms with Gasteiger partial charge >= 0.3 is 0 Å². The molecule has 0 fully saturated rings. The Balaban J connectivity index is 1.56. The van der Waals surface area contributed by atoms with E-state index in [1.54, 1.807) is 0 Å². The van der Waals surface area contributed by atoms with Gasteiger partial charge < -0.3 is 19.3 Å². The van der Waals surface area contributed by atoms with E-state index in [1.165, 1.54) is 11.1 Å². The zero-order valence-corrected chi connectivity index (χ0v) is 14.7. The van der Waals surface area contributed by atoms with Crippen LogP contribution in [-0.4, -0.2) is 36.6 Å². The quantitative estimate of drug-likeness (QED) is 0.881. The normalized spacial score (nSPS) is 18.2. The van der Waals surface area contributed by atoms with Crippen molar-refractivity contribution in [3.8, 4) is 0 Å². The third-order valence-corrected chi connectivity index (χ3v) is 4.67. The van der Waals surface area contributed by atoms with Crippen molar-refractivity contribution in [2.45, 2.75) is 45.3 Å². The van der Waals surface area contributed by atoms with Gasteiger partial charge in [0.2, 0.25) is 0 Å². The molecule has 2 unspecified atom stereocenters. The van der Waals surface area contributed by atoms with E-state index in [-0.39, 0.29) is 6.10 Å². The molecule has 24 heavy (non-hydrogen) atoms. The minimum absolute atomic E-state index is 0.0916. The summed E-state index contributed by atoms with van der Waals surface area (Å²) in [6.07, 6.45) is 2.81. The van der Waals surface area contributed by atoms with Crippen LogP contribution in [-0.2, 0) is 11.2 Å². The second kappa shape index (κ2) is 7.36. The molecule has 2 atom stereocenters. The van der Waals surface area contributed by atoms with Gasteiger partial charge in [0.05, 0.1) is 18.8 Å². The number of hydrogen-bond donors (Lipinski definition) is 1. The van der Waals surface area contributed by atoms with Crippen LogP contribution in [0.15, 0.2) is 28.8 Å². The van der Waals surface area contributed by atoms with Gasteiger partial charge in [-0.15, -0.1) is 0 Å². The van der Waals surface area contributed by atoms with Crippen molar-refractivity contribution >= 4 is 5.69 Å². The Kier molecular flexibility index (Phi) is 5.21. The lowest BCUT2D eigenvalue weighted by atomic mass is 9.89. The number of benzene rings is 1. The molecule has 0 aliphatic heterocycles. The van der Waals surface area contributed by atoms with Crippen LogP contribution >= 0.6 is 0 Å². The number of anilines is 1. The van der Waals surface area contributed by atoms with Gasteiger partial charge in [-0.05, 0) is 44.2 Å². The largest absolute Gasteiger partial charge is 0.389 e. The number of rotatable bonds is 6. The highest BCUT2D eigenvalue weighted by atomic mass is 16.5. The molecule has 0 saturated carbocycles. The first-order chi connectivity index (χ1) is 11.6. The monoisotopic (exact) mass is 330 g/mol. The van der Waals surface area contributed by atoms with Crippen LogP contribution < -0.4 is 4.90 Å². The maximum absolute atomic E-state index is 10.4. The third kappa shape index (κ3) is 3.62. The standard InChI is InChI=1S/C19H26N2O3/c1-13-19(14(2)24-20-13)21(3)11-16(22)12-23-18-10-6-8-15-7-4-5-9-17(15)18/h4-5,7,9,16,18,22H,6,8,10-12H2,1-3H3. The van der Waals surface area contributed by atoms with E-state index in [1.807, 2.05) is 25.8 Å². The number of ether oxygens (including phenoxy) is 1. The first-order valence-corrected chi connectivity index (χ1v) is 8.57. The number of hydrogen-bond acceptors (Lipinski definition) is 5. The number of aryl methyl sites for hydroxylation is 3. The Bertz CT molecular complexity index is 664. The fourth-order valence-corrected chi connectivity index (χ4v) is 3.59. The van der Waals surface area contributed by atoms with Gasteiger partial charge in [0.25, 0.3) is 0 Å². The highest BCUT2D eigenvalue weighted by Crippen LogP contribution is 2.32. The summed E-state index contributed by atoms with van der Waals surface area (Å²) in [7, 11) is 1.94. The summed E-state index contributed by atoms with van der Waals surface area (Å²) in [5.41, 5.74) is 4.42. The summed E-state index contributed by atoms with van der Waals surface area (Å²) in [4.78, 5) is 1.98. The molecule has 1 heterocycles. The predicted molar refractivity (Wildman–Crippen MR) is 93.3 cm³/mol. The molecule has 0 bridgehead atoms. The molecule has 1 aliphatic carbocycles. The second-order valence-electron chi connectivity index (χ2n) is 6.62. The Morgan fingerprint density at radius 1 is 1.38 bits per heavy atom. The highest BCUT2D eigenvalue weighted by molar-refractivity contribution is 5.52. The van der Waals surface area contributed by atoms with Crippen LogP contribution in [0.3, 0.4) is 0 Å². The van der Waals surface area contributed by atoms with Crippen molar-refractivity contribution in [1.29, 1.82) is 0 Å². The van der Waals surface area contributed by atoms with Crippen LogP contribution in [0.1, 0.15) is 41.5 Å². The van der Waals surface area contributed by atoms with Crippen LogP contribution in [0.4, 0.5) is 5.69 Å². The molecular formula is C19H26N2O3. The fourth-order valence-electron chi connectivity index (χ4n) is 3.59.